The van der Waals surface area contributed by atoms with E-state index in [1.165, 1.54) is 10.9 Å². The summed E-state index contributed by atoms with van der Waals surface area (Å²) < 4.78 is 33.2. The first kappa shape index (κ1) is 22.3. The van der Waals surface area contributed by atoms with Gasteiger partial charge in [-0.25, -0.2) is 4.79 Å². The summed E-state index contributed by atoms with van der Waals surface area (Å²) in [6.07, 6.45) is -2.05. The molecule has 0 aliphatic carbocycles. The Morgan fingerprint density at radius 2 is 1.72 bits per heavy atom. The predicted molar refractivity (Wildman–Crippen MR) is 77.6 cm³/mol. The van der Waals surface area contributed by atoms with Gasteiger partial charge in [-0.05, 0) is 25.9 Å². The number of aliphatic carboxylic acids is 2. The van der Waals surface area contributed by atoms with Gasteiger partial charge in [0.05, 0.1) is 5.56 Å². The first-order chi connectivity index (χ1) is 11.2. The van der Waals surface area contributed by atoms with Gasteiger partial charge in [-0.15, -0.1) is 0 Å². The topological polar surface area (TPSA) is 120 Å². The molecule has 0 radical (unpaired) electrons. The van der Waals surface area contributed by atoms with Crippen molar-refractivity contribution in [2.45, 2.75) is 45.5 Å². The van der Waals surface area contributed by atoms with Crippen molar-refractivity contribution in [3.05, 3.63) is 24.0 Å². The summed E-state index contributed by atoms with van der Waals surface area (Å²) in [4.78, 5) is 31.1. The van der Waals surface area contributed by atoms with Gasteiger partial charge in [0, 0.05) is 11.6 Å². The number of alkyl halides is 3. The van der Waals surface area contributed by atoms with Crippen molar-refractivity contribution in [3.8, 4) is 0 Å². The summed E-state index contributed by atoms with van der Waals surface area (Å²) in [5.41, 5.74) is 0.156. The van der Waals surface area contributed by atoms with E-state index >= 15 is 0 Å². The number of carboxylic acids is 2. The summed E-state index contributed by atoms with van der Waals surface area (Å²) >= 11 is 0. The van der Waals surface area contributed by atoms with Crippen LogP contribution in [0.3, 0.4) is 0 Å². The van der Waals surface area contributed by atoms with Crippen LogP contribution in [0.4, 0.5) is 13.2 Å². The molecule has 8 nitrogen and oxygen atoms in total. The molecule has 11 heteroatoms. The lowest BCUT2D eigenvalue weighted by atomic mass is 10.1. The Morgan fingerprint density at radius 1 is 1.20 bits per heavy atom. The van der Waals surface area contributed by atoms with Gasteiger partial charge in [0.2, 0.25) is 0 Å². The average Bonchev–Trinajstić information content (AvgIpc) is 2.43. The lowest BCUT2D eigenvalue weighted by Gasteiger charge is -2.19. The van der Waals surface area contributed by atoms with Crippen molar-refractivity contribution >= 4 is 17.8 Å². The number of halogens is 3. The lowest BCUT2D eigenvalue weighted by molar-refractivity contribution is -0.753. The highest BCUT2D eigenvalue weighted by molar-refractivity contribution is 5.94. The van der Waals surface area contributed by atoms with Crippen LogP contribution in [-0.2, 0) is 16.1 Å². The van der Waals surface area contributed by atoms with Crippen LogP contribution in [0, 0.1) is 0 Å². The summed E-state index contributed by atoms with van der Waals surface area (Å²) in [6.45, 7) is 5.98. The first-order valence-corrected chi connectivity index (χ1v) is 6.92. The maximum absolute atomic E-state index is 11.8. The molecule has 0 aliphatic rings. The summed E-state index contributed by atoms with van der Waals surface area (Å²) in [5, 5.41) is 22.5. The van der Waals surface area contributed by atoms with E-state index in [0.717, 1.165) is 0 Å². The number of carbonyl (C=O) groups is 3. The van der Waals surface area contributed by atoms with Crippen LogP contribution in [0.5, 0.6) is 0 Å². The molecule has 0 fully saturated rings. The molecule has 1 aromatic heterocycles. The van der Waals surface area contributed by atoms with Gasteiger partial charge in [-0.1, -0.05) is 4.68 Å². The van der Waals surface area contributed by atoms with E-state index in [4.69, 9.17) is 15.0 Å². The largest absolute Gasteiger partial charge is 0.490 e. The third-order valence-corrected chi connectivity index (χ3v) is 2.32. The minimum atomic E-state index is -5.08. The number of nitrogens with zero attached hydrogens (tertiary/aromatic N) is 2. The fraction of sp³-hybridized carbons (Fsp3) is 0.500. The van der Waals surface area contributed by atoms with Gasteiger partial charge >= 0.3 is 18.1 Å². The third-order valence-electron chi connectivity index (χ3n) is 2.32. The number of hydrogen-bond donors (Lipinski definition) is 3. The molecule has 1 heterocycles. The zero-order valence-corrected chi connectivity index (χ0v) is 13.8. The van der Waals surface area contributed by atoms with Crippen molar-refractivity contribution in [2.24, 2.45) is 0 Å². The standard InChI is InChI=1S/C12H17N3O3.C2HF3O2/c1-12(2,3)14-11(18)9-4-6-15(13-8-9)7-5-10(16)17;3-2(4,5)1(6)7/h4,6,8H,5,7H2,1-3H3,(H-,14,16,17,18);(H,6,7)/p+1. The molecule has 0 aliphatic heterocycles. The van der Waals surface area contributed by atoms with Crippen LogP contribution < -0.4 is 10.00 Å². The second-order valence-corrected chi connectivity index (χ2v) is 5.83. The van der Waals surface area contributed by atoms with Crippen LogP contribution in [0.2, 0.25) is 0 Å². The number of carbonyl (C=O) groups excluding carboxylic acids is 1. The van der Waals surface area contributed by atoms with Crippen molar-refractivity contribution < 1.29 is 42.4 Å². The highest BCUT2D eigenvalue weighted by atomic mass is 19.4. The Morgan fingerprint density at radius 3 is 2.04 bits per heavy atom. The second-order valence-electron chi connectivity index (χ2n) is 5.83. The van der Waals surface area contributed by atoms with Gasteiger partial charge in [0.25, 0.3) is 5.91 Å². The number of hydrogen-bond acceptors (Lipinski definition) is 4. The average molecular weight is 366 g/mol. The molecule has 0 unspecified atom stereocenters. The van der Waals surface area contributed by atoms with Crippen LogP contribution >= 0.6 is 0 Å². The maximum atomic E-state index is 11.8. The van der Waals surface area contributed by atoms with Crippen molar-refractivity contribution in [3.63, 3.8) is 0 Å². The first-order valence-electron chi connectivity index (χ1n) is 6.92. The Bertz CT molecular complexity index is 610. The summed E-state index contributed by atoms with van der Waals surface area (Å²) in [6, 6.07) is 1.62. The monoisotopic (exact) mass is 366 g/mol. The van der Waals surface area contributed by atoms with Crippen molar-refractivity contribution in [1.82, 2.24) is 10.4 Å². The van der Waals surface area contributed by atoms with Crippen molar-refractivity contribution in [2.75, 3.05) is 0 Å². The smallest absolute Gasteiger partial charge is 0.481 e. The third kappa shape index (κ3) is 10.6. The van der Waals surface area contributed by atoms with Gasteiger partial charge < -0.3 is 15.5 Å². The minimum Gasteiger partial charge on any atom is -0.481 e. The number of aryl methyl sites for hydroxylation is 1. The van der Waals surface area contributed by atoms with Gasteiger partial charge in [0.15, 0.2) is 12.7 Å². The van der Waals surface area contributed by atoms with E-state index in [2.05, 4.69) is 10.4 Å². The fourth-order valence-corrected chi connectivity index (χ4v) is 1.27. The normalized spacial score (nSPS) is 11.1. The van der Waals surface area contributed by atoms with E-state index in [1.807, 2.05) is 20.8 Å². The molecule has 140 valence electrons. The van der Waals surface area contributed by atoms with E-state index < -0.39 is 18.1 Å². The fourth-order valence-electron chi connectivity index (χ4n) is 1.27. The zero-order valence-electron chi connectivity index (χ0n) is 13.8. The van der Waals surface area contributed by atoms with E-state index in [-0.39, 0.29) is 24.4 Å². The molecule has 0 spiro atoms. The molecule has 1 rings (SSSR count). The molecule has 1 amide bonds. The van der Waals surface area contributed by atoms with Crippen LogP contribution in [0.1, 0.15) is 37.6 Å². The Balaban J connectivity index is 0.000000697. The summed E-state index contributed by atoms with van der Waals surface area (Å²) in [5.74, 6) is -3.83. The molecule has 25 heavy (non-hydrogen) atoms. The summed E-state index contributed by atoms with van der Waals surface area (Å²) in [7, 11) is 0. The molecule has 0 saturated carbocycles. The van der Waals surface area contributed by atoms with Gasteiger partial charge in [0.1, 0.15) is 12.6 Å². The Labute approximate surface area is 141 Å². The molecular formula is C14H19F3N3O5+. The van der Waals surface area contributed by atoms with Crippen LogP contribution in [0.15, 0.2) is 18.5 Å². The molecule has 0 saturated heterocycles. The molecule has 0 atom stereocenters. The van der Waals surface area contributed by atoms with Crippen LogP contribution in [0.25, 0.3) is 0 Å². The van der Waals surface area contributed by atoms with E-state index in [1.54, 1.807) is 12.3 Å². The van der Waals surface area contributed by atoms with Gasteiger partial charge in [-0.3, -0.25) is 9.59 Å². The zero-order chi connectivity index (χ0) is 19.8. The number of aromatic nitrogens is 2. The number of nitrogens with one attached hydrogen (secondary N) is 1. The number of amides is 1. The SMILES string of the molecule is CC(C)(C)NC(=O)c1cc[n+](CCC(=O)O)nc1.O=C(O)C(F)(F)F. The Hall–Kier alpha value is -2.72. The quantitative estimate of drug-likeness (QED) is 0.684. The highest BCUT2D eigenvalue weighted by Crippen LogP contribution is 2.13. The molecule has 0 aromatic carbocycles. The van der Waals surface area contributed by atoms with Gasteiger partial charge in [-0.2, -0.15) is 13.2 Å². The predicted octanol–water partition coefficient (Wildman–Crippen LogP) is 1.01. The van der Waals surface area contributed by atoms with Crippen LogP contribution in [-0.4, -0.2) is 44.9 Å². The molecular weight excluding hydrogens is 347 g/mol. The molecule has 0 bridgehead atoms. The van der Waals surface area contributed by atoms with Crippen molar-refractivity contribution in [1.29, 1.82) is 0 Å². The minimum absolute atomic E-state index is 0.00516. The number of carboxylic acid groups (broad SMARTS) is 2. The number of rotatable bonds is 4. The van der Waals surface area contributed by atoms with E-state index in [0.29, 0.717) is 5.56 Å². The molecule has 1 aromatic rings. The Kier molecular flexibility index (Phi) is 7.97. The maximum Gasteiger partial charge on any atom is 0.490 e. The molecule has 3 N–H and O–H groups in total. The lowest BCUT2D eigenvalue weighted by Crippen LogP contribution is -2.42. The highest BCUT2D eigenvalue weighted by Gasteiger charge is 2.38. The second kappa shape index (κ2) is 8.94. The van der Waals surface area contributed by atoms with E-state index in [9.17, 15) is 22.8 Å².